The van der Waals surface area contributed by atoms with Crippen molar-refractivity contribution in [2.75, 3.05) is 19.9 Å². The standard InChI is InChI=1S/C15H22N4O4/c1-2-17-15(22)18-10-23-9-13(16)19-14(21)8-5-11-3-6-12(20)7-4-11/h3-4,6-7,20H,2,5,8-10H2,1H3,(H2,16,19,21)(H2,17,18,22). The first-order valence-electron chi connectivity index (χ1n) is 7.26. The topological polar surface area (TPSA) is 124 Å². The van der Waals surface area contributed by atoms with E-state index in [-0.39, 0.29) is 43.3 Å². The summed E-state index contributed by atoms with van der Waals surface area (Å²) in [7, 11) is 0. The number of carbonyl (C=O) groups is 2. The molecule has 0 fully saturated rings. The zero-order chi connectivity index (χ0) is 17.1. The van der Waals surface area contributed by atoms with Gasteiger partial charge < -0.3 is 25.8 Å². The number of amidine groups is 1. The molecule has 0 saturated carbocycles. The van der Waals surface area contributed by atoms with Crippen LogP contribution < -0.4 is 16.0 Å². The number of amides is 3. The highest BCUT2D eigenvalue weighted by molar-refractivity contribution is 5.97. The van der Waals surface area contributed by atoms with E-state index in [4.69, 9.17) is 15.3 Å². The first-order chi connectivity index (χ1) is 11.0. The van der Waals surface area contributed by atoms with Crippen molar-refractivity contribution in [2.24, 2.45) is 0 Å². The molecule has 0 spiro atoms. The Hall–Kier alpha value is -2.61. The van der Waals surface area contributed by atoms with E-state index in [9.17, 15) is 9.59 Å². The molecule has 8 heteroatoms. The van der Waals surface area contributed by atoms with Gasteiger partial charge >= 0.3 is 6.03 Å². The number of rotatable bonds is 8. The van der Waals surface area contributed by atoms with Crippen LogP contribution in [0.4, 0.5) is 4.79 Å². The molecule has 23 heavy (non-hydrogen) atoms. The molecule has 5 N–H and O–H groups in total. The third-order valence-corrected chi connectivity index (χ3v) is 2.79. The highest BCUT2D eigenvalue weighted by Gasteiger charge is 2.06. The lowest BCUT2D eigenvalue weighted by Gasteiger charge is -2.09. The number of ether oxygens (including phenoxy) is 1. The van der Waals surface area contributed by atoms with E-state index < -0.39 is 0 Å². The second-order valence-electron chi connectivity index (χ2n) is 4.72. The maximum atomic E-state index is 11.7. The normalized spacial score (nSPS) is 9.96. The van der Waals surface area contributed by atoms with Crippen LogP contribution in [0, 0.1) is 5.41 Å². The molecule has 0 unspecified atom stereocenters. The van der Waals surface area contributed by atoms with E-state index in [0.29, 0.717) is 13.0 Å². The van der Waals surface area contributed by atoms with Gasteiger partial charge in [0.15, 0.2) is 0 Å². The van der Waals surface area contributed by atoms with E-state index in [1.807, 2.05) is 0 Å². The van der Waals surface area contributed by atoms with Gasteiger partial charge in [-0.1, -0.05) is 12.1 Å². The van der Waals surface area contributed by atoms with Crippen molar-refractivity contribution in [3.05, 3.63) is 29.8 Å². The molecule has 0 heterocycles. The first-order valence-corrected chi connectivity index (χ1v) is 7.26. The summed E-state index contributed by atoms with van der Waals surface area (Å²) >= 11 is 0. The number of phenols is 1. The Kier molecular flexibility index (Phi) is 8.16. The first kappa shape index (κ1) is 18.4. The second-order valence-corrected chi connectivity index (χ2v) is 4.72. The maximum Gasteiger partial charge on any atom is 0.316 e. The minimum absolute atomic E-state index is 0.0441. The fourth-order valence-electron chi connectivity index (χ4n) is 1.68. The fraction of sp³-hybridized carbons (Fsp3) is 0.400. The molecular formula is C15H22N4O4. The summed E-state index contributed by atoms with van der Waals surface area (Å²) in [6.45, 7) is 2.16. The van der Waals surface area contributed by atoms with E-state index in [0.717, 1.165) is 5.56 Å². The van der Waals surface area contributed by atoms with Crippen LogP contribution in [0.5, 0.6) is 5.75 Å². The monoisotopic (exact) mass is 322 g/mol. The van der Waals surface area contributed by atoms with Gasteiger partial charge in [-0.2, -0.15) is 0 Å². The van der Waals surface area contributed by atoms with Crippen LogP contribution in [-0.4, -0.2) is 42.8 Å². The van der Waals surface area contributed by atoms with Crippen LogP contribution >= 0.6 is 0 Å². The average Bonchev–Trinajstić information content (AvgIpc) is 2.51. The Balaban J connectivity index is 2.14. The summed E-state index contributed by atoms with van der Waals surface area (Å²) in [5, 5.41) is 24.1. The summed E-state index contributed by atoms with van der Waals surface area (Å²) in [5.41, 5.74) is 0.923. The highest BCUT2D eigenvalue weighted by Crippen LogP contribution is 2.10. The second kappa shape index (κ2) is 10.2. The molecule has 0 radical (unpaired) electrons. The van der Waals surface area contributed by atoms with Gasteiger partial charge in [0.1, 0.15) is 24.9 Å². The largest absolute Gasteiger partial charge is 0.508 e. The van der Waals surface area contributed by atoms with Crippen molar-refractivity contribution in [1.29, 1.82) is 5.41 Å². The Labute approximate surface area is 134 Å². The Morgan fingerprint density at radius 3 is 2.57 bits per heavy atom. The number of urea groups is 1. The third kappa shape index (κ3) is 8.42. The van der Waals surface area contributed by atoms with Crippen LogP contribution in [0.1, 0.15) is 18.9 Å². The van der Waals surface area contributed by atoms with Gasteiger partial charge in [-0.3, -0.25) is 10.2 Å². The minimum Gasteiger partial charge on any atom is -0.508 e. The van der Waals surface area contributed by atoms with Gasteiger partial charge in [-0.15, -0.1) is 0 Å². The van der Waals surface area contributed by atoms with Crippen molar-refractivity contribution >= 4 is 17.8 Å². The van der Waals surface area contributed by atoms with E-state index in [2.05, 4.69) is 16.0 Å². The van der Waals surface area contributed by atoms with Crippen LogP contribution in [0.25, 0.3) is 0 Å². The Morgan fingerprint density at radius 1 is 1.22 bits per heavy atom. The summed E-state index contributed by atoms with van der Waals surface area (Å²) in [6, 6.07) is 6.25. The molecule has 3 amide bonds. The van der Waals surface area contributed by atoms with Crippen molar-refractivity contribution in [3.63, 3.8) is 0 Å². The van der Waals surface area contributed by atoms with Crippen LogP contribution in [0.3, 0.4) is 0 Å². The molecule has 8 nitrogen and oxygen atoms in total. The number of carbonyl (C=O) groups excluding carboxylic acids is 2. The molecule has 1 aromatic carbocycles. The van der Waals surface area contributed by atoms with E-state index in [1.165, 1.54) is 0 Å². The number of aryl methyl sites for hydroxylation is 1. The number of aromatic hydroxyl groups is 1. The molecule has 0 aliphatic rings. The molecule has 0 aliphatic heterocycles. The van der Waals surface area contributed by atoms with E-state index >= 15 is 0 Å². The predicted octanol–water partition coefficient (Wildman–Crippen LogP) is 0.711. The SMILES string of the molecule is CCNC(=O)NCOCC(=N)NC(=O)CCc1ccc(O)cc1. The highest BCUT2D eigenvalue weighted by atomic mass is 16.5. The number of benzene rings is 1. The van der Waals surface area contributed by atoms with E-state index in [1.54, 1.807) is 31.2 Å². The lowest BCUT2D eigenvalue weighted by molar-refractivity contribution is -0.119. The summed E-state index contributed by atoms with van der Waals surface area (Å²) in [4.78, 5) is 22.7. The number of nitrogens with one attached hydrogen (secondary N) is 4. The zero-order valence-corrected chi connectivity index (χ0v) is 13.0. The van der Waals surface area contributed by atoms with Crippen molar-refractivity contribution in [1.82, 2.24) is 16.0 Å². The van der Waals surface area contributed by atoms with Crippen molar-refractivity contribution in [2.45, 2.75) is 19.8 Å². The molecule has 0 bridgehead atoms. The number of hydrogen-bond acceptors (Lipinski definition) is 5. The quantitative estimate of drug-likeness (QED) is 0.209. The summed E-state index contributed by atoms with van der Waals surface area (Å²) in [6.07, 6.45) is 0.739. The average molecular weight is 322 g/mol. The van der Waals surface area contributed by atoms with Crippen molar-refractivity contribution < 1.29 is 19.4 Å². The summed E-state index contributed by atoms with van der Waals surface area (Å²) in [5.74, 6) is -0.180. The van der Waals surface area contributed by atoms with Gasteiger partial charge in [0, 0.05) is 13.0 Å². The Morgan fingerprint density at radius 2 is 1.91 bits per heavy atom. The van der Waals surface area contributed by atoms with Crippen LogP contribution in [-0.2, 0) is 16.0 Å². The van der Waals surface area contributed by atoms with Gasteiger partial charge in [0.25, 0.3) is 0 Å². The minimum atomic E-state index is -0.350. The van der Waals surface area contributed by atoms with Crippen molar-refractivity contribution in [3.8, 4) is 5.75 Å². The Bertz CT molecular complexity index is 531. The fourth-order valence-corrected chi connectivity index (χ4v) is 1.68. The lowest BCUT2D eigenvalue weighted by atomic mass is 10.1. The summed E-state index contributed by atoms with van der Waals surface area (Å²) < 4.78 is 5.05. The van der Waals surface area contributed by atoms with Crippen LogP contribution in [0.2, 0.25) is 0 Å². The van der Waals surface area contributed by atoms with Gasteiger partial charge in [-0.05, 0) is 31.0 Å². The predicted molar refractivity (Wildman–Crippen MR) is 85.3 cm³/mol. The molecule has 0 saturated heterocycles. The van der Waals surface area contributed by atoms with Gasteiger partial charge in [0.2, 0.25) is 5.91 Å². The molecule has 1 rings (SSSR count). The molecule has 0 atom stereocenters. The lowest BCUT2D eigenvalue weighted by Crippen LogP contribution is -2.38. The zero-order valence-electron chi connectivity index (χ0n) is 13.0. The molecule has 1 aromatic rings. The molecule has 0 aromatic heterocycles. The number of phenolic OH excluding ortho intramolecular Hbond substituents is 1. The molecule has 0 aliphatic carbocycles. The molecule has 126 valence electrons. The van der Waals surface area contributed by atoms with Crippen LogP contribution in [0.15, 0.2) is 24.3 Å². The maximum absolute atomic E-state index is 11.7. The van der Waals surface area contributed by atoms with Gasteiger partial charge in [0.05, 0.1) is 0 Å². The number of hydrogen-bond donors (Lipinski definition) is 5. The molecular weight excluding hydrogens is 300 g/mol. The van der Waals surface area contributed by atoms with Gasteiger partial charge in [-0.25, -0.2) is 4.79 Å². The third-order valence-electron chi connectivity index (χ3n) is 2.79. The smallest absolute Gasteiger partial charge is 0.316 e.